The first-order valence-corrected chi connectivity index (χ1v) is 25.4. The van der Waals surface area contributed by atoms with E-state index in [0.29, 0.717) is 59.3 Å². The van der Waals surface area contributed by atoms with Gasteiger partial charge in [-0.25, -0.2) is 18.7 Å². The maximum atomic E-state index is 14.6. The molecule has 0 radical (unpaired) electrons. The van der Waals surface area contributed by atoms with Crippen molar-refractivity contribution in [3.63, 3.8) is 0 Å². The van der Waals surface area contributed by atoms with Gasteiger partial charge in [0.05, 0.1) is 49.9 Å². The van der Waals surface area contributed by atoms with E-state index in [0.717, 1.165) is 77.3 Å². The Hall–Kier alpha value is -5.63. The number of aromatic nitrogens is 4. The second kappa shape index (κ2) is 23.3. The number of hydrogen-bond acceptors (Lipinski definition) is 16. The van der Waals surface area contributed by atoms with Crippen LogP contribution in [0.15, 0.2) is 48.8 Å². The van der Waals surface area contributed by atoms with Crippen LogP contribution in [0.4, 0.5) is 37.7 Å². The minimum Gasteiger partial charge on any atom is -0.489 e. The molecule has 0 amide bonds. The number of nitrogens with two attached hydrogens (primary N) is 1. The molecular formula is C52H67ClF2N12O4. The summed E-state index contributed by atoms with van der Waals surface area (Å²) in [4.78, 5) is 21.3. The molecular weight excluding hydrogens is 930 g/mol. The van der Waals surface area contributed by atoms with Gasteiger partial charge in [0.2, 0.25) is 11.2 Å². The zero-order chi connectivity index (χ0) is 50.1. The topological polar surface area (TPSA) is 205 Å². The normalized spacial score (nSPS) is 24.0. The molecule has 2 aromatic heterocycles. The fourth-order valence-corrected chi connectivity index (χ4v) is 11.3. The molecule has 16 nitrogen and oxygen atoms in total. The largest absolute Gasteiger partial charge is 0.489 e. The quantitative estimate of drug-likeness (QED) is 0.0863. The summed E-state index contributed by atoms with van der Waals surface area (Å²) in [6, 6.07) is 16.2. The molecule has 4 atom stereocenters. The molecule has 0 saturated carbocycles. The van der Waals surface area contributed by atoms with Crippen molar-refractivity contribution < 1.29 is 27.7 Å². The number of nitrogens with zero attached hydrogens (tertiary/aromatic N) is 8. The fraction of sp³-hybridized carbons (Fsp3) is 0.577. The molecule has 8 heterocycles. The Labute approximate surface area is 421 Å². The second-order valence-electron chi connectivity index (χ2n) is 20.6. The highest BCUT2D eigenvalue weighted by atomic mass is 35.5. The summed E-state index contributed by atoms with van der Waals surface area (Å²) in [5.41, 5.74) is 7.96. The predicted octanol–water partition coefficient (Wildman–Crippen LogP) is 9.39. The standard InChI is InChI=1S/C26H33FN6O2.C14H20ClFN4.C12H14N2O2/c1-26(2)14-19(13-20-4-3-9-33(20)26)30-24-22(27)16-29-25(32-24)31-18-5-6-23(17(12-18)15-28)35-21-7-10-34-11-8-21;1-14(2)7-9(6-10-4-3-5-20(10)14)18-12-11(16)8-17-13(15)19-12;13-8-9-7-10(14)1-2-12(9)16-11-3-5-15-6-4-11/h5-6,12,16,19-21H,3-4,7-11,13-14H2,1-2H3,(H2,29,30,31,32);8-10H,3-7H2,1-2H3,(H,17,18,19);1-2,7,11H,3-6,14H2. The Bertz CT molecular complexity index is 2530. The summed E-state index contributed by atoms with van der Waals surface area (Å²) in [5.74, 6) is 0.943. The number of anilines is 5. The van der Waals surface area contributed by atoms with E-state index in [1.807, 2.05) is 6.07 Å². The molecule has 6 aliphatic heterocycles. The van der Waals surface area contributed by atoms with Crippen molar-refractivity contribution in [3.05, 3.63) is 76.8 Å². The number of nitrogen functional groups attached to an aromatic ring is 1. The van der Waals surface area contributed by atoms with Gasteiger partial charge in [0, 0.05) is 72.3 Å². The van der Waals surface area contributed by atoms with Crippen molar-refractivity contribution in [1.29, 1.82) is 10.5 Å². The number of halogens is 3. The number of hydrogen-bond donors (Lipinski definition) is 4. The van der Waals surface area contributed by atoms with Crippen LogP contribution in [0.5, 0.6) is 11.5 Å². The van der Waals surface area contributed by atoms with E-state index in [1.165, 1.54) is 38.4 Å². The van der Waals surface area contributed by atoms with Crippen molar-refractivity contribution in [2.75, 3.05) is 61.2 Å². The van der Waals surface area contributed by atoms with Crippen LogP contribution in [0.1, 0.15) is 116 Å². The molecule has 0 spiro atoms. The number of rotatable bonds is 10. The van der Waals surface area contributed by atoms with Gasteiger partial charge in [-0.15, -0.1) is 0 Å². The Morgan fingerprint density at radius 3 is 1.73 bits per heavy atom. The van der Waals surface area contributed by atoms with Gasteiger partial charge >= 0.3 is 0 Å². The molecule has 5 N–H and O–H groups in total. The first-order chi connectivity index (χ1) is 34.2. The van der Waals surface area contributed by atoms with Crippen LogP contribution < -0.4 is 31.2 Å². The van der Waals surface area contributed by atoms with Gasteiger partial charge in [0.1, 0.15) is 35.8 Å². The fourth-order valence-electron chi connectivity index (χ4n) is 11.2. The SMILES string of the molecule is CC1(C)CC(Nc2nc(Cl)ncc2F)CC2CCCN21.CC1(C)CC(Nc2nc(Nc3ccc(OC4CCOCC4)c(C#N)c3)ncc2F)CC2CCCN21.N#Cc1cc(N)ccc1OC1CCOCC1. The third kappa shape index (κ3) is 13.5. The predicted molar refractivity (Wildman–Crippen MR) is 269 cm³/mol. The average Bonchev–Trinajstić information content (AvgIpc) is 4.05. The van der Waals surface area contributed by atoms with E-state index in [2.05, 4.69) is 85.5 Å². The van der Waals surface area contributed by atoms with Crippen LogP contribution in [0.2, 0.25) is 5.28 Å². The van der Waals surface area contributed by atoms with Crippen molar-refractivity contribution in [3.8, 4) is 23.6 Å². The summed E-state index contributed by atoms with van der Waals surface area (Å²) in [7, 11) is 0. The molecule has 10 rings (SSSR count). The first-order valence-electron chi connectivity index (χ1n) is 25.0. The zero-order valence-corrected chi connectivity index (χ0v) is 42.0. The summed E-state index contributed by atoms with van der Waals surface area (Å²) in [6.07, 6.45) is 14.7. The molecule has 6 fully saturated rings. The second-order valence-corrected chi connectivity index (χ2v) is 20.9. The number of nitriles is 2. The minimum absolute atomic E-state index is 0.0461. The molecule has 0 bridgehead atoms. The number of benzene rings is 2. The highest BCUT2D eigenvalue weighted by molar-refractivity contribution is 6.28. The van der Waals surface area contributed by atoms with Gasteiger partial charge in [-0.3, -0.25) is 9.80 Å². The lowest BCUT2D eigenvalue weighted by Crippen LogP contribution is -2.55. The van der Waals surface area contributed by atoms with Crippen molar-refractivity contribution in [1.82, 2.24) is 29.7 Å². The first kappa shape index (κ1) is 51.7. The average molecular weight is 998 g/mol. The number of piperidine rings is 2. The monoisotopic (exact) mass is 997 g/mol. The van der Waals surface area contributed by atoms with Crippen LogP contribution in [-0.2, 0) is 9.47 Å². The third-order valence-electron chi connectivity index (χ3n) is 14.5. The molecule has 0 aliphatic carbocycles. The van der Waals surface area contributed by atoms with Crippen LogP contribution in [0.25, 0.3) is 0 Å². The van der Waals surface area contributed by atoms with Crippen molar-refractivity contribution >= 4 is 40.6 Å². The number of fused-ring (bicyclic) bond motifs is 2. The summed E-state index contributed by atoms with van der Waals surface area (Å²) in [6.45, 7) is 14.2. The summed E-state index contributed by atoms with van der Waals surface area (Å²) in [5, 5.41) is 28.3. The molecule has 4 unspecified atom stereocenters. The zero-order valence-electron chi connectivity index (χ0n) is 41.2. The van der Waals surface area contributed by atoms with Crippen molar-refractivity contribution in [2.24, 2.45) is 0 Å². The van der Waals surface area contributed by atoms with Gasteiger partial charge in [-0.2, -0.15) is 20.5 Å². The number of nitrogens with one attached hydrogen (secondary N) is 3. The lowest BCUT2D eigenvalue weighted by Gasteiger charge is -2.47. The van der Waals surface area contributed by atoms with Gasteiger partial charge in [-0.1, -0.05) is 0 Å². The lowest BCUT2D eigenvalue weighted by atomic mass is 9.84. The highest BCUT2D eigenvalue weighted by Gasteiger charge is 2.44. The van der Waals surface area contributed by atoms with Crippen LogP contribution in [0, 0.1) is 34.3 Å². The van der Waals surface area contributed by atoms with Crippen LogP contribution in [-0.4, -0.2) is 117 Å². The highest BCUT2D eigenvalue weighted by Crippen LogP contribution is 2.40. The molecule has 6 saturated heterocycles. The summed E-state index contributed by atoms with van der Waals surface area (Å²) < 4.78 is 50.8. The maximum Gasteiger partial charge on any atom is 0.229 e. The van der Waals surface area contributed by atoms with Gasteiger partial charge in [0.15, 0.2) is 23.3 Å². The van der Waals surface area contributed by atoms with Gasteiger partial charge in [-0.05, 0) is 140 Å². The number of ether oxygens (including phenoxy) is 4. The van der Waals surface area contributed by atoms with E-state index < -0.39 is 11.6 Å². The van der Waals surface area contributed by atoms with Crippen LogP contribution >= 0.6 is 11.6 Å². The van der Waals surface area contributed by atoms with Crippen molar-refractivity contribution in [2.45, 2.75) is 152 Å². The molecule has 6 aliphatic rings. The third-order valence-corrected chi connectivity index (χ3v) is 14.6. The van der Waals surface area contributed by atoms with E-state index in [4.69, 9.17) is 41.5 Å². The van der Waals surface area contributed by atoms with E-state index >= 15 is 0 Å². The van der Waals surface area contributed by atoms with E-state index in [9.17, 15) is 14.0 Å². The lowest BCUT2D eigenvalue weighted by molar-refractivity contribution is 0.0252. The maximum absolute atomic E-state index is 14.6. The van der Waals surface area contributed by atoms with Crippen LogP contribution in [0.3, 0.4) is 0 Å². The molecule has 4 aromatic rings. The molecule has 380 valence electrons. The smallest absolute Gasteiger partial charge is 0.229 e. The molecule has 71 heavy (non-hydrogen) atoms. The minimum atomic E-state index is -0.472. The van der Waals surface area contributed by atoms with Gasteiger partial charge < -0.3 is 40.6 Å². The summed E-state index contributed by atoms with van der Waals surface area (Å²) >= 11 is 5.74. The Morgan fingerprint density at radius 2 is 1.20 bits per heavy atom. The Kier molecular flexibility index (Phi) is 17.0. The van der Waals surface area contributed by atoms with Gasteiger partial charge in [0.25, 0.3) is 0 Å². The van der Waals surface area contributed by atoms with E-state index in [1.54, 1.807) is 30.3 Å². The Balaban J connectivity index is 0.000000158. The Morgan fingerprint density at radius 1 is 0.704 bits per heavy atom. The van der Waals surface area contributed by atoms with E-state index in [-0.39, 0.29) is 58.2 Å². The molecule has 2 aromatic carbocycles. The molecule has 19 heteroatoms.